The van der Waals surface area contributed by atoms with Crippen LogP contribution in [0.4, 0.5) is 5.69 Å². The Morgan fingerprint density at radius 3 is 2.61 bits per heavy atom. The van der Waals surface area contributed by atoms with Crippen LogP contribution in [0.2, 0.25) is 0 Å². The summed E-state index contributed by atoms with van der Waals surface area (Å²) in [4.78, 5) is 20.4. The van der Waals surface area contributed by atoms with Crippen molar-refractivity contribution in [2.75, 3.05) is 11.9 Å². The fraction of sp³-hybridized carbons (Fsp3) is 0.263. The molecule has 1 heterocycles. The fourth-order valence-corrected chi connectivity index (χ4v) is 2.03. The lowest BCUT2D eigenvalue weighted by atomic mass is 10.2. The van der Waals surface area contributed by atoms with Gasteiger partial charge < -0.3 is 9.88 Å². The van der Waals surface area contributed by atoms with E-state index >= 15 is 0 Å². The minimum absolute atomic E-state index is 0.194. The van der Waals surface area contributed by atoms with Crippen LogP contribution in [0.3, 0.4) is 0 Å². The number of anilines is 1. The molecule has 0 atom stereocenters. The van der Waals surface area contributed by atoms with Gasteiger partial charge in [-0.3, -0.25) is 4.79 Å². The number of fused-ring (bicyclic) bond motifs is 1. The molecular formula is C19H25N3O. The van der Waals surface area contributed by atoms with E-state index in [1.54, 1.807) is 0 Å². The summed E-state index contributed by atoms with van der Waals surface area (Å²) in [7, 11) is 1.99. The van der Waals surface area contributed by atoms with Crippen molar-refractivity contribution in [1.82, 2.24) is 9.97 Å². The Morgan fingerprint density at radius 2 is 1.96 bits per heavy atom. The van der Waals surface area contributed by atoms with Crippen molar-refractivity contribution in [3.8, 4) is 0 Å². The van der Waals surface area contributed by atoms with Gasteiger partial charge in [-0.15, -0.1) is 0 Å². The smallest absolute Gasteiger partial charge is 0.266 e. The lowest BCUT2D eigenvalue weighted by Crippen LogP contribution is -2.15. The molecule has 0 fully saturated rings. The first-order chi connectivity index (χ1) is 11.2. The van der Waals surface area contributed by atoms with E-state index < -0.39 is 0 Å². The molecule has 0 unspecified atom stereocenters. The second-order valence-corrected chi connectivity index (χ2v) is 4.63. The van der Waals surface area contributed by atoms with Crippen molar-refractivity contribution in [3.05, 3.63) is 70.8 Å². The molecule has 0 bridgehead atoms. The molecule has 122 valence electrons. The number of H-pyrrole nitrogens is 1. The normalized spacial score (nSPS) is 11.8. The van der Waals surface area contributed by atoms with Crippen LogP contribution in [0.5, 0.6) is 0 Å². The van der Waals surface area contributed by atoms with Crippen LogP contribution in [0.25, 0.3) is 11.0 Å². The Labute approximate surface area is 137 Å². The maximum atomic E-state index is 11.4. The highest BCUT2D eigenvalue weighted by molar-refractivity contribution is 5.79. The van der Waals surface area contributed by atoms with E-state index in [2.05, 4.69) is 14.9 Å². The molecule has 23 heavy (non-hydrogen) atoms. The summed E-state index contributed by atoms with van der Waals surface area (Å²) in [6.45, 7) is 7.97. The minimum atomic E-state index is -0.194. The molecule has 4 nitrogen and oxygen atoms in total. The highest BCUT2D eigenvalue weighted by Gasteiger charge is 2.06. The number of nitrogens with one attached hydrogen (secondary N) is 1. The zero-order valence-corrected chi connectivity index (χ0v) is 14.5. The van der Waals surface area contributed by atoms with Gasteiger partial charge in [0.05, 0.1) is 17.2 Å². The van der Waals surface area contributed by atoms with Gasteiger partial charge in [0.1, 0.15) is 0 Å². The number of hydrogen-bond acceptors (Lipinski definition) is 3. The van der Waals surface area contributed by atoms with Gasteiger partial charge >= 0.3 is 0 Å². The van der Waals surface area contributed by atoms with Crippen LogP contribution >= 0.6 is 0 Å². The molecule has 0 aliphatic rings. The fourth-order valence-electron chi connectivity index (χ4n) is 2.03. The van der Waals surface area contributed by atoms with Crippen molar-refractivity contribution in [2.24, 2.45) is 0 Å². The predicted molar refractivity (Wildman–Crippen MR) is 99.8 cm³/mol. The lowest BCUT2D eigenvalue weighted by Gasteiger charge is -2.20. The predicted octanol–water partition coefficient (Wildman–Crippen LogP) is 4.42. The maximum Gasteiger partial charge on any atom is 0.266 e. The Morgan fingerprint density at radius 1 is 1.22 bits per heavy atom. The Kier molecular flexibility index (Phi) is 7.54. The summed E-state index contributed by atoms with van der Waals surface area (Å²) < 4.78 is 0. The zero-order valence-electron chi connectivity index (χ0n) is 14.5. The number of likely N-dealkylation sites (N-methyl/N-ethyl adjacent to an activating group) is 1. The highest BCUT2D eigenvalue weighted by atomic mass is 16.1. The van der Waals surface area contributed by atoms with E-state index in [9.17, 15) is 4.79 Å². The first kappa shape index (κ1) is 18.4. The van der Waals surface area contributed by atoms with Crippen molar-refractivity contribution < 1.29 is 0 Å². The third-order valence-corrected chi connectivity index (χ3v) is 3.13. The third-order valence-electron chi connectivity index (χ3n) is 3.13. The number of hydrogen-bond donors (Lipinski definition) is 1. The molecule has 1 N–H and O–H groups in total. The Hall–Kier alpha value is -2.62. The van der Waals surface area contributed by atoms with Gasteiger partial charge in [-0.05, 0) is 44.2 Å². The van der Waals surface area contributed by atoms with E-state index in [0.717, 1.165) is 22.4 Å². The number of nitrogens with zero attached hydrogens (tertiary/aromatic N) is 2. The number of allylic oxidation sites excluding steroid dienone is 5. The van der Waals surface area contributed by atoms with Crippen molar-refractivity contribution in [2.45, 2.75) is 27.7 Å². The Balaban J connectivity index is 0.00000127. The quantitative estimate of drug-likeness (QED) is 0.850. The van der Waals surface area contributed by atoms with Crippen LogP contribution in [-0.4, -0.2) is 17.0 Å². The summed E-state index contributed by atoms with van der Waals surface area (Å²) >= 11 is 0. The zero-order chi connectivity index (χ0) is 17.2. The molecule has 0 radical (unpaired) electrons. The van der Waals surface area contributed by atoms with Crippen molar-refractivity contribution >= 4 is 16.7 Å². The van der Waals surface area contributed by atoms with Gasteiger partial charge in [-0.25, -0.2) is 4.98 Å². The summed E-state index contributed by atoms with van der Waals surface area (Å²) in [6.07, 6.45) is 11.3. The molecule has 0 amide bonds. The monoisotopic (exact) mass is 311 g/mol. The van der Waals surface area contributed by atoms with Crippen LogP contribution in [0.1, 0.15) is 27.7 Å². The third kappa shape index (κ3) is 4.95. The molecule has 0 spiro atoms. The molecule has 1 aromatic heterocycles. The van der Waals surface area contributed by atoms with E-state index in [-0.39, 0.29) is 5.56 Å². The van der Waals surface area contributed by atoms with Crippen LogP contribution in [-0.2, 0) is 0 Å². The van der Waals surface area contributed by atoms with Gasteiger partial charge in [0, 0.05) is 18.4 Å². The van der Waals surface area contributed by atoms with E-state index in [1.165, 1.54) is 6.20 Å². The molecule has 0 aliphatic heterocycles. The minimum Gasteiger partial charge on any atom is -0.345 e. The van der Waals surface area contributed by atoms with Gasteiger partial charge in [0.25, 0.3) is 5.56 Å². The molecule has 0 saturated heterocycles. The standard InChI is InChI=1S/C17H19N3O.C2H6/c1-4-6-8-13(7-5-2)20(3)14-9-10-15-16(11-14)19-17(21)12-18-15;1-2/h4-12H,1-3H3,(H,19,21);1-2H3/b6-4-,7-5+,13-8+;. The topological polar surface area (TPSA) is 49.0 Å². The van der Waals surface area contributed by atoms with Crippen molar-refractivity contribution in [3.63, 3.8) is 0 Å². The lowest BCUT2D eigenvalue weighted by molar-refractivity contribution is 1.13. The number of benzene rings is 1. The highest BCUT2D eigenvalue weighted by Crippen LogP contribution is 2.21. The van der Waals surface area contributed by atoms with E-state index in [0.29, 0.717) is 0 Å². The first-order valence-electron chi connectivity index (χ1n) is 7.84. The van der Waals surface area contributed by atoms with Gasteiger partial charge in [0.15, 0.2) is 0 Å². The number of aromatic amines is 1. The summed E-state index contributed by atoms with van der Waals surface area (Å²) in [5.41, 5.74) is 3.36. The molecule has 1 aromatic carbocycles. The molecule has 2 aromatic rings. The van der Waals surface area contributed by atoms with Crippen molar-refractivity contribution in [1.29, 1.82) is 0 Å². The number of aromatic nitrogens is 2. The first-order valence-corrected chi connectivity index (χ1v) is 7.84. The van der Waals surface area contributed by atoms with Gasteiger partial charge in [-0.2, -0.15) is 0 Å². The van der Waals surface area contributed by atoms with Gasteiger partial charge in [0.2, 0.25) is 0 Å². The second-order valence-electron chi connectivity index (χ2n) is 4.63. The maximum absolute atomic E-state index is 11.4. The summed E-state index contributed by atoms with van der Waals surface area (Å²) in [6, 6.07) is 5.82. The van der Waals surface area contributed by atoms with E-state index in [1.807, 2.05) is 83.3 Å². The molecular weight excluding hydrogens is 286 g/mol. The van der Waals surface area contributed by atoms with Crippen LogP contribution in [0, 0.1) is 0 Å². The van der Waals surface area contributed by atoms with Crippen LogP contribution < -0.4 is 10.5 Å². The Bertz CT molecular complexity index is 770. The SMILES string of the molecule is CC.C\C=C/C=C(\C=C\C)N(C)c1ccc2ncc(=O)[nH]c2c1. The average Bonchev–Trinajstić information content (AvgIpc) is 2.59. The van der Waals surface area contributed by atoms with Crippen LogP contribution in [0.15, 0.2) is 65.3 Å². The molecule has 2 rings (SSSR count). The molecule has 4 heteroatoms. The largest absolute Gasteiger partial charge is 0.345 e. The molecule has 0 aliphatic carbocycles. The second kappa shape index (κ2) is 9.41. The summed E-state index contributed by atoms with van der Waals surface area (Å²) in [5.74, 6) is 0. The average molecular weight is 311 g/mol. The summed E-state index contributed by atoms with van der Waals surface area (Å²) in [5, 5.41) is 0. The molecule has 0 saturated carbocycles. The number of rotatable bonds is 4. The van der Waals surface area contributed by atoms with Gasteiger partial charge in [-0.1, -0.05) is 32.1 Å². The van der Waals surface area contributed by atoms with E-state index in [4.69, 9.17) is 0 Å².